The van der Waals surface area contributed by atoms with Gasteiger partial charge in [-0.15, -0.1) is 6.58 Å². The van der Waals surface area contributed by atoms with E-state index < -0.39 is 12.1 Å². The van der Waals surface area contributed by atoms with Gasteiger partial charge in [-0.25, -0.2) is 4.79 Å². The maximum absolute atomic E-state index is 12.9. The Bertz CT molecular complexity index is 946. The number of carbonyl (C=O) groups is 2. The molecule has 2 aliphatic heterocycles. The van der Waals surface area contributed by atoms with Crippen molar-refractivity contribution in [1.29, 1.82) is 0 Å². The van der Waals surface area contributed by atoms with Crippen molar-refractivity contribution in [2.45, 2.75) is 31.2 Å². The SMILES string of the molecule is C=C[C@H]1C(=O)N(c2ccc(OC)cc2)[C@H]1[C@H]1C[C@H](C(=O)OC)ON1Cc1ccccc1. The van der Waals surface area contributed by atoms with E-state index in [-0.39, 0.29) is 23.9 Å². The van der Waals surface area contributed by atoms with Crippen LogP contribution in [0.3, 0.4) is 0 Å². The number of hydrogen-bond acceptors (Lipinski definition) is 6. The number of hydroxylamine groups is 2. The summed E-state index contributed by atoms with van der Waals surface area (Å²) in [4.78, 5) is 32.9. The lowest BCUT2D eigenvalue weighted by atomic mass is 9.80. The van der Waals surface area contributed by atoms with Crippen LogP contribution in [0.5, 0.6) is 5.75 Å². The average Bonchev–Trinajstić information content (AvgIpc) is 3.21. The number of hydrogen-bond donors (Lipinski definition) is 0. The summed E-state index contributed by atoms with van der Waals surface area (Å²) >= 11 is 0. The molecule has 4 rings (SSSR count). The number of methoxy groups -OCH3 is 2. The van der Waals surface area contributed by atoms with Gasteiger partial charge in [-0.05, 0) is 29.8 Å². The predicted octanol–water partition coefficient (Wildman–Crippen LogP) is 2.96. The number of amides is 1. The van der Waals surface area contributed by atoms with Crippen molar-refractivity contribution in [2.24, 2.45) is 5.92 Å². The molecule has 0 aromatic heterocycles. The van der Waals surface area contributed by atoms with Crippen LogP contribution >= 0.6 is 0 Å². The summed E-state index contributed by atoms with van der Waals surface area (Å²) in [5.41, 5.74) is 1.82. The molecule has 162 valence electrons. The van der Waals surface area contributed by atoms with E-state index >= 15 is 0 Å². The first-order chi connectivity index (χ1) is 15.1. The van der Waals surface area contributed by atoms with Crippen molar-refractivity contribution in [3.05, 3.63) is 72.8 Å². The van der Waals surface area contributed by atoms with Crippen molar-refractivity contribution in [3.8, 4) is 5.75 Å². The fraction of sp³-hybridized carbons (Fsp3) is 0.333. The summed E-state index contributed by atoms with van der Waals surface area (Å²) in [5, 5.41) is 1.81. The number of benzene rings is 2. The van der Waals surface area contributed by atoms with Crippen LogP contribution in [0.4, 0.5) is 5.69 Å². The van der Waals surface area contributed by atoms with Crippen LogP contribution in [0.2, 0.25) is 0 Å². The van der Waals surface area contributed by atoms with Gasteiger partial charge in [0, 0.05) is 18.7 Å². The van der Waals surface area contributed by atoms with E-state index in [4.69, 9.17) is 14.3 Å². The molecule has 7 nitrogen and oxygen atoms in total. The fourth-order valence-corrected chi connectivity index (χ4v) is 4.35. The second kappa shape index (κ2) is 8.91. The number of carbonyl (C=O) groups excluding carboxylic acids is 2. The third-order valence-corrected chi connectivity index (χ3v) is 5.92. The molecule has 0 saturated carbocycles. The quantitative estimate of drug-likeness (QED) is 0.388. The van der Waals surface area contributed by atoms with E-state index in [1.807, 2.05) is 54.6 Å². The lowest BCUT2D eigenvalue weighted by Crippen LogP contribution is -2.67. The molecule has 0 bridgehead atoms. The summed E-state index contributed by atoms with van der Waals surface area (Å²) in [7, 11) is 2.95. The number of β-lactam (4-membered cyclic amide) rings is 1. The molecule has 0 unspecified atom stereocenters. The first-order valence-corrected chi connectivity index (χ1v) is 10.2. The third-order valence-electron chi connectivity index (χ3n) is 5.92. The summed E-state index contributed by atoms with van der Waals surface area (Å²) in [5.74, 6) is -0.0803. The van der Waals surface area contributed by atoms with Gasteiger partial charge >= 0.3 is 5.97 Å². The summed E-state index contributed by atoms with van der Waals surface area (Å²) in [6.45, 7) is 4.36. The van der Waals surface area contributed by atoms with Gasteiger partial charge in [-0.2, -0.15) is 5.06 Å². The highest BCUT2D eigenvalue weighted by atomic mass is 16.7. The molecule has 4 atom stereocenters. The first kappa shape index (κ1) is 21.1. The molecule has 1 amide bonds. The van der Waals surface area contributed by atoms with Crippen LogP contribution in [-0.2, 0) is 25.7 Å². The number of nitrogens with zero attached hydrogens (tertiary/aromatic N) is 2. The second-order valence-electron chi connectivity index (χ2n) is 7.64. The lowest BCUT2D eigenvalue weighted by Gasteiger charge is -2.50. The Hall–Kier alpha value is -3.16. The molecule has 2 saturated heterocycles. The minimum Gasteiger partial charge on any atom is -0.497 e. The summed E-state index contributed by atoms with van der Waals surface area (Å²) < 4.78 is 10.2. The van der Waals surface area contributed by atoms with E-state index in [0.29, 0.717) is 18.7 Å². The molecule has 2 aliphatic rings. The Morgan fingerprint density at radius 1 is 1.16 bits per heavy atom. The Balaban J connectivity index is 1.64. The number of anilines is 1. The summed E-state index contributed by atoms with van der Waals surface area (Å²) in [6, 6.07) is 16.8. The number of ether oxygens (including phenoxy) is 2. The molecule has 2 heterocycles. The van der Waals surface area contributed by atoms with Gasteiger partial charge in [-0.3, -0.25) is 9.63 Å². The molecule has 0 aliphatic carbocycles. The van der Waals surface area contributed by atoms with Crippen LogP contribution in [0.25, 0.3) is 0 Å². The van der Waals surface area contributed by atoms with Crippen molar-refractivity contribution in [1.82, 2.24) is 5.06 Å². The van der Waals surface area contributed by atoms with Crippen LogP contribution < -0.4 is 9.64 Å². The van der Waals surface area contributed by atoms with E-state index in [2.05, 4.69) is 6.58 Å². The van der Waals surface area contributed by atoms with Gasteiger partial charge in [-0.1, -0.05) is 36.4 Å². The third kappa shape index (κ3) is 3.94. The number of rotatable bonds is 7. The summed E-state index contributed by atoms with van der Waals surface area (Å²) in [6.07, 6.45) is 1.39. The Kier molecular flexibility index (Phi) is 6.06. The molecule has 7 heteroatoms. The average molecular weight is 422 g/mol. The topological polar surface area (TPSA) is 68.3 Å². The normalized spacial score (nSPS) is 25.7. The molecule has 0 N–H and O–H groups in total. The maximum Gasteiger partial charge on any atom is 0.337 e. The van der Waals surface area contributed by atoms with Crippen LogP contribution in [0.1, 0.15) is 12.0 Å². The zero-order valence-corrected chi connectivity index (χ0v) is 17.6. The van der Waals surface area contributed by atoms with E-state index in [9.17, 15) is 9.59 Å². The Morgan fingerprint density at radius 3 is 2.48 bits per heavy atom. The second-order valence-corrected chi connectivity index (χ2v) is 7.64. The highest BCUT2D eigenvalue weighted by Gasteiger charge is 2.55. The molecular formula is C24H26N2O5. The lowest BCUT2D eigenvalue weighted by molar-refractivity contribution is -0.194. The van der Waals surface area contributed by atoms with Crippen LogP contribution in [0.15, 0.2) is 67.3 Å². The van der Waals surface area contributed by atoms with Gasteiger partial charge in [0.05, 0.1) is 32.2 Å². The van der Waals surface area contributed by atoms with Crippen molar-refractivity contribution >= 4 is 17.6 Å². The van der Waals surface area contributed by atoms with Crippen LogP contribution in [-0.4, -0.2) is 49.3 Å². The van der Waals surface area contributed by atoms with Gasteiger partial charge in [0.25, 0.3) is 0 Å². The maximum atomic E-state index is 12.9. The Labute approximate surface area is 181 Å². The highest BCUT2D eigenvalue weighted by Crippen LogP contribution is 2.41. The van der Waals surface area contributed by atoms with E-state index in [1.54, 1.807) is 23.1 Å². The minimum atomic E-state index is -0.711. The van der Waals surface area contributed by atoms with Gasteiger partial charge in [0.1, 0.15) is 5.75 Å². The molecule has 2 aromatic rings. The van der Waals surface area contributed by atoms with Gasteiger partial charge < -0.3 is 14.4 Å². The standard InChI is InChI=1S/C24H26N2O5/c1-4-19-22(26(23(19)27)17-10-12-18(29-2)13-11-17)20-14-21(24(28)30-3)31-25(20)15-16-8-6-5-7-9-16/h4-13,19-22H,1,14-15H2,2-3H3/t19-,20-,21-,22-/m1/s1. The highest BCUT2D eigenvalue weighted by molar-refractivity contribution is 6.04. The first-order valence-electron chi connectivity index (χ1n) is 10.2. The molecule has 2 fully saturated rings. The van der Waals surface area contributed by atoms with Gasteiger partial charge in [0.15, 0.2) is 6.10 Å². The molecule has 0 radical (unpaired) electrons. The zero-order chi connectivity index (χ0) is 22.0. The molecule has 0 spiro atoms. The van der Waals surface area contributed by atoms with E-state index in [0.717, 1.165) is 11.3 Å². The molecule has 2 aromatic carbocycles. The minimum absolute atomic E-state index is 0.0219. The van der Waals surface area contributed by atoms with Crippen molar-refractivity contribution in [3.63, 3.8) is 0 Å². The number of esters is 1. The Morgan fingerprint density at radius 2 is 1.87 bits per heavy atom. The van der Waals surface area contributed by atoms with Crippen molar-refractivity contribution in [2.75, 3.05) is 19.1 Å². The predicted molar refractivity (Wildman–Crippen MR) is 115 cm³/mol. The zero-order valence-electron chi connectivity index (χ0n) is 17.6. The van der Waals surface area contributed by atoms with Gasteiger partial charge in [0.2, 0.25) is 5.91 Å². The molecule has 31 heavy (non-hydrogen) atoms. The largest absolute Gasteiger partial charge is 0.497 e. The smallest absolute Gasteiger partial charge is 0.337 e. The van der Waals surface area contributed by atoms with Crippen molar-refractivity contribution < 1.29 is 23.9 Å². The fourth-order valence-electron chi connectivity index (χ4n) is 4.35. The van der Waals surface area contributed by atoms with Crippen LogP contribution in [0, 0.1) is 5.92 Å². The molecular weight excluding hydrogens is 396 g/mol. The monoisotopic (exact) mass is 422 g/mol. The van der Waals surface area contributed by atoms with E-state index in [1.165, 1.54) is 7.11 Å².